The largest absolute Gasteiger partial charge is 0.387 e. The van der Waals surface area contributed by atoms with Crippen molar-refractivity contribution in [1.82, 2.24) is 9.78 Å². The maximum atomic E-state index is 9.80. The highest BCUT2D eigenvalue weighted by molar-refractivity contribution is 5.28. The fraction of sp³-hybridized carbons (Fsp3) is 0.636. The van der Waals surface area contributed by atoms with Crippen LogP contribution in [-0.4, -0.2) is 14.9 Å². The van der Waals surface area contributed by atoms with Gasteiger partial charge in [-0.3, -0.25) is 4.68 Å². The van der Waals surface area contributed by atoms with Crippen LogP contribution in [0.5, 0.6) is 0 Å². The second kappa shape index (κ2) is 4.45. The van der Waals surface area contributed by atoms with E-state index in [0.717, 1.165) is 17.0 Å². The van der Waals surface area contributed by atoms with E-state index in [2.05, 4.69) is 5.10 Å². The molecule has 15 heavy (non-hydrogen) atoms. The molecule has 0 amide bonds. The average Bonchev–Trinajstić information content (AvgIpc) is 2.42. The third-order valence-corrected chi connectivity index (χ3v) is 2.49. The van der Waals surface area contributed by atoms with Crippen molar-refractivity contribution in [3.63, 3.8) is 0 Å². The number of aliphatic hydroxyl groups excluding tert-OH is 1. The zero-order chi connectivity index (χ0) is 11.6. The molecule has 0 radical (unpaired) electrons. The molecule has 0 saturated carbocycles. The molecule has 1 aromatic rings. The summed E-state index contributed by atoms with van der Waals surface area (Å²) in [5.74, 6) is 0. The summed E-state index contributed by atoms with van der Waals surface area (Å²) in [7, 11) is 0. The quantitative estimate of drug-likeness (QED) is 0.824. The summed E-state index contributed by atoms with van der Waals surface area (Å²) in [6.07, 6.45) is -0.603. The molecule has 1 aromatic heterocycles. The summed E-state index contributed by atoms with van der Waals surface area (Å²) in [5.41, 5.74) is 2.56. The van der Waals surface area contributed by atoms with Gasteiger partial charge in [-0.2, -0.15) is 10.4 Å². The third kappa shape index (κ3) is 2.18. The van der Waals surface area contributed by atoms with Crippen molar-refractivity contribution in [2.45, 2.75) is 46.3 Å². The van der Waals surface area contributed by atoms with Crippen molar-refractivity contribution in [3.05, 3.63) is 17.0 Å². The van der Waals surface area contributed by atoms with Gasteiger partial charge in [-0.1, -0.05) is 0 Å². The predicted molar refractivity (Wildman–Crippen MR) is 57.3 cm³/mol. The number of aryl methyl sites for hydroxylation is 1. The molecule has 1 rings (SSSR count). The van der Waals surface area contributed by atoms with E-state index in [1.165, 1.54) is 0 Å². The Labute approximate surface area is 90.1 Å². The monoisotopic (exact) mass is 207 g/mol. The van der Waals surface area contributed by atoms with Gasteiger partial charge in [0.25, 0.3) is 0 Å². The van der Waals surface area contributed by atoms with E-state index in [4.69, 9.17) is 5.26 Å². The zero-order valence-corrected chi connectivity index (χ0v) is 9.65. The van der Waals surface area contributed by atoms with Gasteiger partial charge in [0, 0.05) is 17.3 Å². The molecular formula is C11H17N3O. The molecule has 0 fully saturated rings. The third-order valence-electron chi connectivity index (χ3n) is 2.49. The number of nitrogens with zero attached hydrogens (tertiary/aromatic N) is 3. The molecule has 0 saturated heterocycles. The van der Waals surface area contributed by atoms with Gasteiger partial charge in [0.2, 0.25) is 0 Å². The normalized spacial score (nSPS) is 12.9. The molecule has 0 aliphatic heterocycles. The summed E-state index contributed by atoms with van der Waals surface area (Å²) in [6, 6.07) is 2.24. The van der Waals surface area contributed by atoms with Crippen LogP contribution in [-0.2, 0) is 0 Å². The Morgan fingerprint density at radius 3 is 2.47 bits per heavy atom. The van der Waals surface area contributed by atoms with Gasteiger partial charge in [0.1, 0.15) is 0 Å². The maximum Gasteiger partial charge on any atom is 0.0955 e. The Morgan fingerprint density at radius 1 is 1.47 bits per heavy atom. The lowest BCUT2D eigenvalue weighted by molar-refractivity contribution is 0.181. The number of hydrogen-bond donors (Lipinski definition) is 1. The molecule has 0 spiro atoms. The van der Waals surface area contributed by atoms with Crippen LogP contribution >= 0.6 is 0 Å². The Kier molecular flexibility index (Phi) is 3.48. The first-order valence-corrected chi connectivity index (χ1v) is 5.09. The molecule has 1 N–H and O–H groups in total. The van der Waals surface area contributed by atoms with Gasteiger partial charge in [0.05, 0.1) is 24.3 Å². The maximum absolute atomic E-state index is 9.80. The lowest BCUT2D eigenvalue weighted by Gasteiger charge is -2.10. The van der Waals surface area contributed by atoms with Gasteiger partial charge < -0.3 is 5.11 Å². The van der Waals surface area contributed by atoms with Gasteiger partial charge in [0.15, 0.2) is 0 Å². The summed E-state index contributed by atoms with van der Waals surface area (Å²) >= 11 is 0. The Bertz CT molecular complexity index is 387. The minimum Gasteiger partial charge on any atom is -0.387 e. The second-order valence-corrected chi connectivity index (χ2v) is 4.00. The molecule has 0 aromatic carbocycles. The van der Waals surface area contributed by atoms with Crippen LogP contribution in [0.25, 0.3) is 0 Å². The average molecular weight is 207 g/mol. The van der Waals surface area contributed by atoms with Crippen LogP contribution in [0.4, 0.5) is 0 Å². The zero-order valence-electron chi connectivity index (χ0n) is 9.65. The Morgan fingerprint density at radius 2 is 2.07 bits per heavy atom. The highest BCUT2D eigenvalue weighted by Gasteiger charge is 2.19. The fourth-order valence-corrected chi connectivity index (χ4v) is 1.85. The number of nitriles is 1. The van der Waals surface area contributed by atoms with Gasteiger partial charge in [-0.15, -0.1) is 0 Å². The number of rotatable bonds is 3. The van der Waals surface area contributed by atoms with Crippen molar-refractivity contribution in [2.24, 2.45) is 0 Å². The lowest BCUT2D eigenvalue weighted by Crippen LogP contribution is -2.06. The molecule has 4 nitrogen and oxygen atoms in total. The van der Waals surface area contributed by atoms with Crippen molar-refractivity contribution in [2.75, 3.05) is 0 Å². The van der Waals surface area contributed by atoms with Crippen LogP contribution < -0.4 is 0 Å². The standard InChI is InChI=1S/C11H17N3O/c1-7(2)14-9(4)11(8(3)13-14)10(15)5-6-12/h7,10,15H,5H2,1-4H3. The number of aromatic nitrogens is 2. The van der Waals surface area contributed by atoms with E-state index in [9.17, 15) is 5.11 Å². The van der Waals surface area contributed by atoms with E-state index in [0.29, 0.717) is 0 Å². The number of aliphatic hydroxyl groups is 1. The van der Waals surface area contributed by atoms with E-state index < -0.39 is 6.10 Å². The molecule has 1 unspecified atom stereocenters. The van der Waals surface area contributed by atoms with Crippen LogP contribution in [0, 0.1) is 25.2 Å². The SMILES string of the molecule is Cc1nn(C(C)C)c(C)c1C(O)CC#N. The van der Waals surface area contributed by atoms with E-state index >= 15 is 0 Å². The predicted octanol–water partition coefficient (Wildman–Crippen LogP) is 2.03. The fourth-order valence-electron chi connectivity index (χ4n) is 1.85. The molecule has 1 heterocycles. The van der Waals surface area contributed by atoms with Gasteiger partial charge in [-0.05, 0) is 27.7 Å². The molecule has 0 aliphatic carbocycles. The first kappa shape index (κ1) is 11.7. The van der Waals surface area contributed by atoms with Crippen molar-refractivity contribution in [3.8, 4) is 6.07 Å². The Hall–Kier alpha value is -1.34. The van der Waals surface area contributed by atoms with Crippen molar-refractivity contribution >= 4 is 0 Å². The number of hydrogen-bond acceptors (Lipinski definition) is 3. The molecule has 1 atom stereocenters. The molecule has 82 valence electrons. The topological polar surface area (TPSA) is 61.8 Å². The van der Waals surface area contributed by atoms with Crippen LogP contribution in [0.1, 0.15) is 49.4 Å². The molecule has 4 heteroatoms. The van der Waals surface area contributed by atoms with Gasteiger partial charge >= 0.3 is 0 Å². The summed E-state index contributed by atoms with van der Waals surface area (Å²) in [6.45, 7) is 7.87. The second-order valence-electron chi connectivity index (χ2n) is 4.00. The highest BCUT2D eigenvalue weighted by Crippen LogP contribution is 2.25. The van der Waals surface area contributed by atoms with Crippen LogP contribution in [0.2, 0.25) is 0 Å². The lowest BCUT2D eigenvalue weighted by atomic mass is 10.1. The first-order chi connectivity index (χ1) is 6.99. The minimum absolute atomic E-state index is 0.117. The minimum atomic E-state index is -0.720. The van der Waals surface area contributed by atoms with Crippen molar-refractivity contribution < 1.29 is 5.11 Å². The van der Waals surface area contributed by atoms with E-state index in [1.54, 1.807) is 0 Å². The summed E-state index contributed by atoms with van der Waals surface area (Å²) < 4.78 is 1.88. The summed E-state index contributed by atoms with van der Waals surface area (Å²) in [5, 5.41) is 22.7. The Balaban J connectivity index is 3.14. The van der Waals surface area contributed by atoms with Crippen molar-refractivity contribution in [1.29, 1.82) is 5.26 Å². The van der Waals surface area contributed by atoms with E-state index in [1.807, 2.05) is 38.4 Å². The van der Waals surface area contributed by atoms with Crippen LogP contribution in [0.15, 0.2) is 0 Å². The van der Waals surface area contributed by atoms with Gasteiger partial charge in [-0.25, -0.2) is 0 Å². The van der Waals surface area contributed by atoms with E-state index in [-0.39, 0.29) is 12.5 Å². The molecule has 0 aliphatic rings. The highest BCUT2D eigenvalue weighted by atomic mass is 16.3. The van der Waals surface area contributed by atoms with Crippen LogP contribution in [0.3, 0.4) is 0 Å². The smallest absolute Gasteiger partial charge is 0.0955 e. The molecule has 0 bridgehead atoms. The summed E-state index contributed by atoms with van der Waals surface area (Å²) in [4.78, 5) is 0. The molecular weight excluding hydrogens is 190 g/mol. The first-order valence-electron chi connectivity index (χ1n) is 5.09.